The van der Waals surface area contributed by atoms with Crippen LogP contribution in [-0.2, 0) is 9.84 Å². The number of hydrogen-bond acceptors (Lipinski definition) is 4. The average molecular weight is 250 g/mol. The highest BCUT2D eigenvalue weighted by atomic mass is 32.2. The van der Waals surface area contributed by atoms with E-state index in [1.807, 2.05) is 25.1 Å². The summed E-state index contributed by atoms with van der Waals surface area (Å²) in [6, 6.07) is 5.11. The molecule has 1 aromatic carbocycles. The summed E-state index contributed by atoms with van der Waals surface area (Å²) in [6.45, 7) is 3.72. The summed E-state index contributed by atoms with van der Waals surface area (Å²) in [4.78, 5) is 2.12. The maximum atomic E-state index is 12.1. The molecule has 1 aromatic rings. The second-order valence-electron chi connectivity index (χ2n) is 4.47. The van der Waals surface area contributed by atoms with Gasteiger partial charge in [0.25, 0.3) is 0 Å². The van der Waals surface area contributed by atoms with E-state index in [0.717, 1.165) is 11.1 Å². The molecule has 0 aliphatic carbocycles. The summed E-state index contributed by atoms with van der Waals surface area (Å²) < 4.78 is 24.3. The molecule has 4 nitrogen and oxygen atoms in total. The molecule has 0 fully saturated rings. The Morgan fingerprint density at radius 2 is 2.06 bits per heavy atom. The van der Waals surface area contributed by atoms with Crippen molar-refractivity contribution in [3.05, 3.63) is 23.3 Å². The van der Waals surface area contributed by atoms with Crippen LogP contribution in [0.5, 0.6) is 0 Å². The third-order valence-electron chi connectivity index (χ3n) is 3.08. The minimum Gasteiger partial charge on any atom is -0.357 e. The fourth-order valence-corrected chi connectivity index (χ4v) is 4.24. The molecule has 0 radical (unpaired) electrons. The maximum absolute atomic E-state index is 12.1. The fourth-order valence-electron chi connectivity index (χ4n) is 2.29. The lowest BCUT2D eigenvalue weighted by atomic mass is 10.1. The minimum absolute atomic E-state index is 0.128. The number of nitrogens with zero attached hydrogens (tertiary/aromatic N) is 2. The van der Waals surface area contributed by atoms with Crippen LogP contribution in [0.1, 0.15) is 11.1 Å². The van der Waals surface area contributed by atoms with Gasteiger partial charge in [-0.2, -0.15) is 5.26 Å². The van der Waals surface area contributed by atoms with Crippen molar-refractivity contribution in [3.8, 4) is 6.07 Å². The third kappa shape index (κ3) is 1.79. The first-order valence-corrected chi connectivity index (χ1v) is 6.98. The molecule has 0 saturated carbocycles. The first-order chi connectivity index (χ1) is 7.86. The van der Waals surface area contributed by atoms with E-state index in [9.17, 15) is 8.42 Å². The van der Waals surface area contributed by atoms with Crippen LogP contribution in [0.4, 0.5) is 5.69 Å². The van der Waals surface area contributed by atoms with Crippen LogP contribution in [0, 0.1) is 25.2 Å². The maximum Gasteiger partial charge on any atom is 0.183 e. The van der Waals surface area contributed by atoms with Gasteiger partial charge in [-0.3, -0.25) is 0 Å². The molecule has 1 heterocycles. The van der Waals surface area contributed by atoms with Gasteiger partial charge in [0, 0.05) is 7.05 Å². The number of anilines is 1. The van der Waals surface area contributed by atoms with Crippen LogP contribution in [0.2, 0.25) is 0 Å². The van der Waals surface area contributed by atoms with Gasteiger partial charge >= 0.3 is 0 Å². The molecule has 0 aromatic heterocycles. The molecule has 90 valence electrons. The quantitative estimate of drug-likeness (QED) is 0.698. The summed E-state index contributed by atoms with van der Waals surface area (Å²) >= 11 is 0. The molecule has 2 rings (SSSR count). The Kier molecular flexibility index (Phi) is 2.63. The molecule has 0 spiro atoms. The van der Waals surface area contributed by atoms with Crippen molar-refractivity contribution < 1.29 is 8.42 Å². The van der Waals surface area contributed by atoms with Crippen molar-refractivity contribution in [2.75, 3.05) is 17.7 Å². The Morgan fingerprint density at radius 1 is 1.41 bits per heavy atom. The topological polar surface area (TPSA) is 61.2 Å². The summed E-state index contributed by atoms with van der Waals surface area (Å²) in [6.07, 6.45) is 0. The lowest BCUT2D eigenvalue weighted by Gasteiger charge is -2.32. The highest BCUT2D eigenvalue weighted by Crippen LogP contribution is 2.35. The number of nitriles is 1. The molecule has 0 amide bonds. The van der Waals surface area contributed by atoms with Gasteiger partial charge in [-0.25, -0.2) is 8.42 Å². The number of hydrogen-bond donors (Lipinski definition) is 0. The smallest absolute Gasteiger partial charge is 0.183 e. The monoisotopic (exact) mass is 250 g/mol. The second-order valence-corrected chi connectivity index (χ2v) is 6.44. The van der Waals surface area contributed by atoms with E-state index in [1.165, 1.54) is 0 Å². The number of benzene rings is 1. The number of sulfone groups is 1. The van der Waals surface area contributed by atoms with Gasteiger partial charge in [0.05, 0.1) is 22.4 Å². The largest absolute Gasteiger partial charge is 0.357 e. The summed E-state index contributed by atoms with van der Waals surface area (Å²) in [5.74, 6) is -0.128. The first-order valence-electron chi connectivity index (χ1n) is 5.33. The zero-order valence-corrected chi connectivity index (χ0v) is 10.9. The SMILES string of the molecule is Cc1cc(C)c2c(c1)N(C)C(C#N)CS2(=O)=O. The van der Waals surface area contributed by atoms with Crippen LogP contribution in [0.3, 0.4) is 0 Å². The molecule has 0 saturated heterocycles. The van der Waals surface area contributed by atoms with E-state index in [0.29, 0.717) is 10.6 Å². The Morgan fingerprint density at radius 3 is 2.65 bits per heavy atom. The van der Waals surface area contributed by atoms with Crippen molar-refractivity contribution in [3.63, 3.8) is 0 Å². The van der Waals surface area contributed by atoms with Crippen molar-refractivity contribution in [1.82, 2.24) is 0 Å². The summed E-state index contributed by atoms with van der Waals surface area (Å²) in [5.41, 5.74) is 2.39. The van der Waals surface area contributed by atoms with Crippen LogP contribution in [0.25, 0.3) is 0 Å². The molecule has 0 N–H and O–H groups in total. The molecule has 1 atom stereocenters. The Balaban J connectivity index is 2.78. The zero-order valence-electron chi connectivity index (χ0n) is 10.1. The minimum atomic E-state index is -3.35. The van der Waals surface area contributed by atoms with Crippen LogP contribution >= 0.6 is 0 Å². The highest BCUT2D eigenvalue weighted by Gasteiger charge is 2.35. The number of aryl methyl sites for hydroxylation is 2. The van der Waals surface area contributed by atoms with Gasteiger partial charge in [-0.05, 0) is 31.0 Å². The second kappa shape index (κ2) is 3.74. The van der Waals surface area contributed by atoms with E-state index >= 15 is 0 Å². The molecule has 1 aliphatic rings. The number of fused-ring (bicyclic) bond motifs is 1. The van der Waals surface area contributed by atoms with Gasteiger partial charge in [-0.1, -0.05) is 6.07 Å². The number of rotatable bonds is 0. The Hall–Kier alpha value is -1.54. The van der Waals surface area contributed by atoms with E-state index in [4.69, 9.17) is 5.26 Å². The molecular weight excluding hydrogens is 236 g/mol. The van der Waals surface area contributed by atoms with Crippen molar-refractivity contribution in [2.45, 2.75) is 24.8 Å². The lowest BCUT2D eigenvalue weighted by Crippen LogP contribution is -2.41. The van der Waals surface area contributed by atoms with Crippen molar-refractivity contribution in [1.29, 1.82) is 5.26 Å². The molecule has 0 bridgehead atoms. The van der Waals surface area contributed by atoms with E-state index in [-0.39, 0.29) is 5.75 Å². The first kappa shape index (κ1) is 11.9. The van der Waals surface area contributed by atoms with Gasteiger partial charge in [0.15, 0.2) is 9.84 Å². The predicted octanol–water partition coefficient (Wildman–Crippen LogP) is 1.42. The highest BCUT2D eigenvalue weighted by molar-refractivity contribution is 7.91. The normalized spacial score (nSPS) is 21.8. The van der Waals surface area contributed by atoms with Crippen molar-refractivity contribution >= 4 is 15.5 Å². The zero-order chi connectivity index (χ0) is 12.8. The van der Waals surface area contributed by atoms with E-state index in [2.05, 4.69) is 0 Å². The molecular formula is C12H14N2O2S. The average Bonchev–Trinajstić information content (AvgIpc) is 2.21. The molecule has 1 unspecified atom stereocenters. The Labute approximate surface area is 101 Å². The standard InChI is InChI=1S/C12H14N2O2S/c1-8-4-9(2)12-11(5-8)14(3)10(6-13)7-17(12,15)16/h4-5,10H,7H2,1-3H3. The van der Waals surface area contributed by atoms with E-state index < -0.39 is 15.9 Å². The molecule has 17 heavy (non-hydrogen) atoms. The lowest BCUT2D eigenvalue weighted by molar-refractivity contribution is 0.585. The summed E-state index contributed by atoms with van der Waals surface area (Å²) in [7, 11) is -1.58. The van der Waals surface area contributed by atoms with E-state index in [1.54, 1.807) is 18.9 Å². The Bertz CT molecular complexity index is 614. The summed E-state index contributed by atoms with van der Waals surface area (Å²) in [5, 5.41) is 9.00. The van der Waals surface area contributed by atoms with Gasteiger partial charge < -0.3 is 4.90 Å². The predicted molar refractivity (Wildman–Crippen MR) is 65.8 cm³/mol. The third-order valence-corrected chi connectivity index (χ3v) is 4.99. The van der Waals surface area contributed by atoms with Gasteiger partial charge in [0.2, 0.25) is 0 Å². The van der Waals surface area contributed by atoms with Crippen LogP contribution in [0.15, 0.2) is 17.0 Å². The van der Waals surface area contributed by atoms with Crippen molar-refractivity contribution in [2.24, 2.45) is 0 Å². The molecule has 5 heteroatoms. The van der Waals surface area contributed by atoms with Gasteiger partial charge in [-0.15, -0.1) is 0 Å². The van der Waals surface area contributed by atoms with Crippen LogP contribution in [-0.4, -0.2) is 27.3 Å². The fraction of sp³-hybridized carbons (Fsp3) is 0.417. The van der Waals surface area contributed by atoms with Crippen LogP contribution < -0.4 is 4.90 Å². The van der Waals surface area contributed by atoms with Gasteiger partial charge in [0.1, 0.15) is 6.04 Å². The molecule has 1 aliphatic heterocycles.